The van der Waals surface area contributed by atoms with Crippen molar-refractivity contribution in [2.24, 2.45) is 7.05 Å². The zero-order chi connectivity index (χ0) is 20.5. The first-order valence-corrected chi connectivity index (χ1v) is 9.26. The van der Waals surface area contributed by atoms with E-state index >= 15 is 0 Å². The topological polar surface area (TPSA) is 88.9 Å². The van der Waals surface area contributed by atoms with Crippen molar-refractivity contribution in [1.29, 1.82) is 0 Å². The minimum absolute atomic E-state index is 0.200. The van der Waals surface area contributed by atoms with E-state index < -0.39 is 17.2 Å². The third-order valence-electron chi connectivity index (χ3n) is 4.68. The van der Waals surface area contributed by atoms with Gasteiger partial charge in [-0.15, -0.1) is 0 Å². The van der Waals surface area contributed by atoms with E-state index in [0.29, 0.717) is 10.7 Å². The Kier molecular flexibility index (Phi) is 4.82. The molecule has 0 bridgehead atoms. The number of carbonyl (C=O) groups excluding carboxylic acids is 1. The number of hydrogen-bond acceptors (Lipinski definition) is 3. The lowest BCUT2D eigenvalue weighted by molar-refractivity contribution is 0.0952. The normalized spacial score (nSPS) is 11.0. The standard InChI is InChI=1S/C21H17ClN4O3/c1-25-12-15(19(27)23-11-13-7-5-6-10-16(13)22)17-18(25)20(28)26(21(29)24-17)14-8-3-2-4-9-14/h2-10,12H,11H2,1H3,(H,23,27)(H,24,29). The molecule has 0 saturated heterocycles. The van der Waals surface area contributed by atoms with Crippen LogP contribution in [0.15, 0.2) is 70.4 Å². The second-order valence-corrected chi connectivity index (χ2v) is 6.96. The third-order valence-corrected chi connectivity index (χ3v) is 5.05. The predicted octanol–water partition coefficient (Wildman–Crippen LogP) is 2.60. The number of hydrogen-bond donors (Lipinski definition) is 2. The highest BCUT2D eigenvalue weighted by Crippen LogP contribution is 2.17. The van der Waals surface area contributed by atoms with E-state index in [0.717, 1.165) is 10.1 Å². The summed E-state index contributed by atoms with van der Waals surface area (Å²) in [7, 11) is 1.65. The Balaban J connectivity index is 1.75. The van der Waals surface area contributed by atoms with Crippen molar-refractivity contribution in [2.75, 3.05) is 0 Å². The van der Waals surface area contributed by atoms with Gasteiger partial charge in [0.15, 0.2) is 0 Å². The van der Waals surface area contributed by atoms with Gasteiger partial charge < -0.3 is 14.9 Å². The number of benzene rings is 2. The predicted molar refractivity (Wildman–Crippen MR) is 112 cm³/mol. The number of H-pyrrole nitrogens is 1. The number of aryl methyl sites for hydroxylation is 1. The first-order chi connectivity index (χ1) is 14.0. The Morgan fingerprint density at radius 2 is 1.76 bits per heavy atom. The van der Waals surface area contributed by atoms with Gasteiger partial charge in [0.1, 0.15) is 5.52 Å². The van der Waals surface area contributed by atoms with Crippen LogP contribution in [0.2, 0.25) is 5.02 Å². The Morgan fingerprint density at radius 1 is 1.07 bits per heavy atom. The van der Waals surface area contributed by atoms with Crippen LogP contribution in [0.3, 0.4) is 0 Å². The molecule has 4 rings (SSSR count). The maximum atomic E-state index is 13.0. The summed E-state index contributed by atoms with van der Waals surface area (Å²) in [4.78, 5) is 41.0. The molecule has 29 heavy (non-hydrogen) atoms. The molecule has 2 N–H and O–H groups in total. The molecule has 0 unspecified atom stereocenters. The van der Waals surface area contributed by atoms with Crippen LogP contribution in [0.4, 0.5) is 0 Å². The van der Waals surface area contributed by atoms with E-state index in [2.05, 4.69) is 10.3 Å². The Morgan fingerprint density at radius 3 is 2.48 bits per heavy atom. The smallest absolute Gasteiger partial charge is 0.333 e. The summed E-state index contributed by atoms with van der Waals surface area (Å²) in [5.41, 5.74) is 0.753. The Bertz CT molecular complexity index is 1340. The molecule has 2 heterocycles. The zero-order valence-corrected chi connectivity index (χ0v) is 16.2. The maximum absolute atomic E-state index is 13.0. The lowest BCUT2D eigenvalue weighted by atomic mass is 10.2. The van der Waals surface area contributed by atoms with Crippen molar-refractivity contribution in [1.82, 2.24) is 19.4 Å². The zero-order valence-electron chi connectivity index (χ0n) is 15.5. The molecule has 8 heteroatoms. The van der Waals surface area contributed by atoms with Gasteiger partial charge in [-0.05, 0) is 23.8 Å². The first kappa shape index (κ1) is 18.8. The SMILES string of the molecule is Cn1cc(C(=O)NCc2ccccc2Cl)c2[nH]c(=O)n(-c3ccccc3)c(=O)c21. The lowest BCUT2D eigenvalue weighted by Crippen LogP contribution is -2.34. The molecule has 0 aliphatic carbocycles. The molecule has 7 nitrogen and oxygen atoms in total. The molecule has 0 saturated carbocycles. The van der Waals surface area contributed by atoms with Crippen molar-refractivity contribution >= 4 is 28.5 Å². The summed E-state index contributed by atoms with van der Waals surface area (Å²) < 4.78 is 2.59. The first-order valence-electron chi connectivity index (χ1n) is 8.89. The van der Waals surface area contributed by atoms with Gasteiger partial charge in [-0.3, -0.25) is 9.59 Å². The van der Waals surface area contributed by atoms with Crippen LogP contribution in [-0.4, -0.2) is 20.0 Å². The number of aromatic amines is 1. The van der Waals surface area contributed by atoms with Crippen molar-refractivity contribution in [3.05, 3.63) is 97.8 Å². The molecule has 0 fully saturated rings. The van der Waals surface area contributed by atoms with Crippen molar-refractivity contribution in [2.45, 2.75) is 6.54 Å². The number of para-hydroxylation sites is 1. The molecule has 0 spiro atoms. The number of carbonyl (C=O) groups is 1. The van der Waals surface area contributed by atoms with Crippen molar-refractivity contribution < 1.29 is 4.79 Å². The number of fused-ring (bicyclic) bond motifs is 1. The Labute approximate surface area is 170 Å². The van der Waals surface area contributed by atoms with Crippen LogP contribution in [0.25, 0.3) is 16.7 Å². The summed E-state index contributed by atoms with van der Waals surface area (Å²) in [5.74, 6) is -0.414. The second kappa shape index (κ2) is 7.44. The number of rotatable bonds is 4. The molecule has 4 aromatic rings. The second-order valence-electron chi connectivity index (χ2n) is 6.56. The Hall–Kier alpha value is -3.58. The van der Waals surface area contributed by atoms with Crippen LogP contribution < -0.4 is 16.6 Å². The van der Waals surface area contributed by atoms with Crippen LogP contribution in [0.1, 0.15) is 15.9 Å². The molecule has 0 atom stereocenters. The molecule has 146 valence electrons. The van der Waals surface area contributed by atoms with E-state index in [1.807, 2.05) is 12.1 Å². The summed E-state index contributed by atoms with van der Waals surface area (Å²) in [5, 5.41) is 3.33. The lowest BCUT2D eigenvalue weighted by Gasteiger charge is -2.07. The average molecular weight is 409 g/mol. The molecule has 0 radical (unpaired) electrons. The van der Waals surface area contributed by atoms with E-state index in [9.17, 15) is 14.4 Å². The van der Waals surface area contributed by atoms with Gasteiger partial charge in [0.2, 0.25) is 0 Å². The fourth-order valence-corrected chi connectivity index (χ4v) is 3.47. The minimum Gasteiger partial charge on any atom is -0.348 e. The molecule has 2 aromatic carbocycles. The van der Waals surface area contributed by atoms with Crippen LogP contribution in [0.5, 0.6) is 0 Å². The van der Waals surface area contributed by atoms with E-state index in [1.54, 1.807) is 49.5 Å². The molecular weight excluding hydrogens is 392 g/mol. The van der Waals surface area contributed by atoms with Crippen LogP contribution in [-0.2, 0) is 13.6 Å². The third kappa shape index (κ3) is 3.36. The summed E-state index contributed by atoms with van der Waals surface area (Å²) in [6.45, 7) is 0.222. The van der Waals surface area contributed by atoms with E-state index in [-0.39, 0.29) is 23.1 Å². The van der Waals surface area contributed by atoms with Crippen molar-refractivity contribution in [3.8, 4) is 5.69 Å². The monoisotopic (exact) mass is 408 g/mol. The van der Waals surface area contributed by atoms with E-state index in [1.165, 1.54) is 10.8 Å². The van der Waals surface area contributed by atoms with E-state index in [4.69, 9.17) is 11.6 Å². The largest absolute Gasteiger partial charge is 0.348 e. The highest BCUT2D eigenvalue weighted by atomic mass is 35.5. The average Bonchev–Trinajstić information content (AvgIpc) is 3.04. The van der Waals surface area contributed by atoms with Gasteiger partial charge in [0.25, 0.3) is 11.5 Å². The molecule has 1 amide bonds. The van der Waals surface area contributed by atoms with Crippen LogP contribution in [0, 0.1) is 0 Å². The van der Waals surface area contributed by atoms with Gasteiger partial charge in [0, 0.05) is 24.8 Å². The quantitative estimate of drug-likeness (QED) is 0.544. The molecule has 2 aromatic heterocycles. The summed E-state index contributed by atoms with van der Waals surface area (Å²) in [6.07, 6.45) is 1.53. The minimum atomic E-state index is -0.611. The van der Waals surface area contributed by atoms with Gasteiger partial charge in [-0.1, -0.05) is 48.0 Å². The fourth-order valence-electron chi connectivity index (χ4n) is 3.27. The van der Waals surface area contributed by atoms with Crippen LogP contribution >= 0.6 is 11.6 Å². The highest BCUT2D eigenvalue weighted by molar-refractivity contribution is 6.31. The van der Waals surface area contributed by atoms with Gasteiger partial charge in [0.05, 0.1) is 16.8 Å². The molecular formula is C21H17ClN4O3. The van der Waals surface area contributed by atoms with Gasteiger partial charge >= 0.3 is 5.69 Å². The summed E-state index contributed by atoms with van der Waals surface area (Å²) >= 11 is 6.12. The highest BCUT2D eigenvalue weighted by Gasteiger charge is 2.20. The maximum Gasteiger partial charge on any atom is 0.333 e. The van der Waals surface area contributed by atoms with Gasteiger partial charge in [-0.2, -0.15) is 0 Å². The molecule has 0 aliphatic rings. The summed E-state index contributed by atoms with van der Waals surface area (Å²) in [6, 6.07) is 15.8. The number of nitrogens with zero attached hydrogens (tertiary/aromatic N) is 2. The molecule has 0 aliphatic heterocycles. The van der Waals surface area contributed by atoms with Crippen molar-refractivity contribution in [3.63, 3.8) is 0 Å². The number of halogens is 1. The fraction of sp³-hybridized carbons (Fsp3) is 0.0952. The van der Waals surface area contributed by atoms with Gasteiger partial charge in [-0.25, -0.2) is 9.36 Å². The number of amides is 1. The number of aromatic nitrogens is 3. The number of nitrogens with one attached hydrogen (secondary N) is 2.